The van der Waals surface area contributed by atoms with E-state index in [9.17, 15) is 9.90 Å². The van der Waals surface area contributed by atoms with Crippen LogP contribution in [0, 0.1) is 6.92 Å². The molecule has 2 rings (SSSR count). The maximum Gasteiger partial charge on any atom is 0.407 e. The third-order valence-corrected chi connectivity index (χ3v) is 3.96. The zero-order valence-corrected chi connectivity index (χ0v) is 17.0. The van der Waals surface area contributed by atoms with Gasteiger partial charge in [0.2, 0.25) is 0 Å². The van der Waals surface area contributed by atoms with E-state index >= 15 is 0 Å². The zero-order chi connectivity index (χ0) is 20.6. The van der Waals surface area contributed by atoms with Gasteiger partial charge in [0.1, 0.15) is 5.60 Å². The van der Waals surface area contributed by atoms with E-state index in [2.05, 4.69) is 20.6 Å². The summed E-state index contributed by atoms with van der Waals surface area (Å²) in [5, 5.41) is 16.6. The van der Waals surface area contributed by atoms with Gasteiger partial charge in [-0.25, -0.2) is 4.79 Å². The van der Waals surface area contributed by atoms with Gasteiger partial charge in [0, 0.05) is 25.5 Å². The number of rotatable bonds is 8. The molecule has 7 heteroatoms. The van der Waals surface area contributed by atoms with Crippen molar-refractivity contribution in [3.63, 3.8) is 0 Å². The molecule has 0 unspecified atom stereocenters. The largest absolute Gasteiger partial charge is 0.444 e. The van der Waals surface area contributed by atoms with Crippen molar-refractivity contribution in [3.8, 4) is 0 Å². The molecule has 1 aromatic heterocycles. The van der Waals surface area contributed by atoms with Crippen LogP contribution in [-0.4, -0.2) is 45.5 Å². The first-order chi connectivity index (χ1) is 13.2. The number of carbonyl (C=O) groups excluding carboxylic acids is 1. The molecule has 0 radical (unpaired) electrons. The van der Waals surface area contributed by atoms with Crippen LogP contribution in [0.25, 0.3) is 0 Å². The molecule has 152 valence electrons. The Kier molecular flexibility index (Phi) is 7.90. The third-order valence-electron chi connectivity index (χ3n) is 3.96. The average molecular weight is 386 g/mol. The van der Waals surface area contributed by atoms with Crippen molar-refractivity contribution in [1.82, 2.24) is 20.6 Å². The normalized spacial score (nSPS) is 13.6. The number of aryl methyl sites for hydroxylation is 1. The lowest BCUT2D eigenvalue weighted by Crippen LogP contribution is -2.49. The summed E-state index contributed by atoms with van der Waals surface area (Å²) in [6.45, 7) is 8.07. The van der Waals surface area contributed by atoms with Gasteiger partial charge in [-0.1, -0.05) is 30.3 Å². The minimum absolute atomic E-state index is 0.294. The lowest BCUT2D eigenvalue weighted by atomic mass is 10.0. The first-order valence-corrected chi connectivity index (χ1v) is 9.42. The number of benzene rings is 1. The Hall–Kier alpha value is -2.51. The number of hydrogen-bond donors (Lipinski definition) is 3. The van der Waals surface area contributed by atoms with Crippen molar-refractivity contribution in [3.05, 3.63) is 59.7 Å². The van der Waals surface area contributed by atoms with Gasteiger partial charge in [0.25, 0.3) is 0 Å². The van der Waals surface area contributed by atoms with Gasteiger partial charge < -0.3 is 20.5 Å². The predicted octanol–water partition coefficient (Wildman–Crippen LogP) is 2.37. The first-order valence-electron chi connectivity index (χ1n) is 9.42. The van der Waals surface area contributed by atoms with Crippen molar-refractivity contribution in [2.75, 3.05) is 6.54 Å². The van der Waals surface area contributed by atoms with Gasteiger partial charge in [0.15, 0.2) is 0 Å². The second-order valence-corrected chi connectivity index (χ2v) is 7.79. The van der Waals surface area contributed by atoms with Crippen LogP contribution in [0.3, 0.4) is 0 Å². The van der Waals surface area contributed by atoms with Crippen molar-refractivity contribution in [2.45, 2.75) is 58.4 Å². The number of ether oxygens (including phenoxy) is 1. The molecule has 1 aromatic carbocycles. The highest BCUT2D eigenvalue weighted by molar-refractivity contribution is 5.68. The fourth-order valence-electron chi connectivity index (χ4n) is 2.61. The Morgan fingerprint density at radius 1 is 1.18 bits per heavy atom. The van der Waals surface area contributed by atoms with Gasteiger partial charge in [-0.3, -0.25) is 9.97 Å². The molecule has 0 aliphatic rings. The van der Waals surface area contributed by atoms with E-state index in [0.29, 0.717) is 19.5 Å². The molecule has 0 aliphatic carbocycles. The Morgan fingerprint density at radius 2 is 1.89 bits per heavy atom. The van der Waals surface area contributed by atoms with E-state index in [1.54, 1.807) is 33.2 Å². The number of alkyl carbamates (subject to hydrolysis) is 1. The molecule has 0 aliphatic heterocycles. The number of nitrogens with zero attached hydrogens (tertiary/aromatic N) is 2. The molecule has 2 aromatic rings. The quantitative estimate of drug-likeness (QED) is 0.645. The Balaban J connectivity index is 1.95. The van der Waals surface area contributed by atoms with Crippen LogP contribution < -0.4 is 10.6 Å². The maximum absolute atomic E-state index is 12.2. The minimum Gasteiger partial charge on any atom is -0.444 e. The molecule has 7 nitrogen and oxygen atoms in total. The number of nitrogens with one attached hydrogen (secondary N) is 2. The van der Waals surface area contributed by atoms with Crippen LogP contribution in [-0.2, 0) is 17.7 Å². The van der Waals surface area contributed by atoms with Crippen LogP contribution in [0.1, 0.15) is 37.7 Å². The molecular weight excluding hydrogens is 356 g/mol. The van der Waals surface area contributed by atoms with Crippen molar-refractivity contribution in [2.24, 2.45) is 0 Å². The summed E-state index contributed by atoms with van der Waals surface area (Å²) in [5.41, 5.74) is 2.06. The zero-order valence-electron chi connectivity index (χ0n) is 17.0. The smallest absolute Gasteiger partial charge is 0.407 e. The standard InChI is InChI=1S/C21H30N4O3/c1-15-11-24-17(13-23-15)12-22-14-19(26)18(10-16-8-6-5-7-9-16)25-20(27)28-21(2,3)4/h5-9,11,13,18-19,22,26H,10,12,14H2,1-4H3,(H,25,27)/t18-,19+/m0/s1. The van der Waals surface area contributed by atoms with Crippen LogP contribution in [0.15, 0.2) is 42.7 Å². The van der Waals surface area contributed by atoms with E-state index < -0.39 is 23.8 Å². The number of aliphatic hydroxyl groups excluding tert-OH is 1. The molecule has 0 bridgehead atoms. The molecule has 1 heterocycles. The maximum atomic E-state index is 12.2. The third kappa shape index (κ3) is 8.02. The van der Waals surface area contributed by atoms with Crippen LogP contribution >= 0.6 is 0 Å². The molecule has 0 saturated carbocycles. The summed E-state index contributed by atoms with van der Waals surface area (Å²) in [4.78, 5) is 20.7. The van der Waals surface area contributed by atoms with E-state index in [0.717, 1.165) is 17.0 Å². The van der Waals surface area contributed by atoms with Crippen molar-refractivity contribution < 1.29 is 14.6 Å². The SMILES string of the molecule is Cc1cnc(CNC[C@@H](O)[C@H](Cc2ccccc2)NC(=O)OC(C)(C)C)cn1. The van der Waals surface area contributed by atoms with Gasteiger partial charge in [-0.15, -0.1) is 0 Å². The average Bonchev–Trinajstić information content (AvgIpc) is 2.62. The monoisotopic (exact) mass is 386 g/mol. The summed E-state index contributed by atoms with van der Waals surface area (Å²) in [7, 11) is 0. The molecule has 0 saturated heterocycles. The number of aromatic nitrogens is 2. The highest BCUT2D eigenvalue weighted by atomic mass is 16.6. The molecule has 0 spiro atoms. The summed E-state index contributed by atoms with van der Waals surface area (Å²) >= 11 is 0. The van der Waals surface area contributed by atoms with Crippen LogP contribution in [0.5, 0.6) is 0 Å². The Bertz CT molecular complexity index is 730. The second kappa shape index (κ2) is 10.1. The highest BCUT2D eigenvalue weighted by Crippen LogP contribution is 2.10. The van der Waals surface area contributed by atoms with Gasteiger partial charge in [-0.2, -0.15) is 0 Å². The van der Waals surface area contributed by atoms with Crippen molar-refractivity contribution in [1.29, 1.82) is 0 Å². The number of aliphatic hydroxyl groups is 1. The number of amides is 1. The number of hydrogen-bond acceptors (Lipinski definition) is 6. The summed E-state index contributed by atoms with van der Waals surface area (Å²) in [6.07, 6.45) is 2.56. The summed E-state index contributed by atoms with van der Waals surface area (Å²) < 4.78 is 5.34. The lowest BCUT2D eigenvalue weighted by Gasteiger charge is -2.27. The van der Waals surface area contributed by atoms with E-state index in [4.69, 9.17) is 4.74 Å². The molecular formula is C21H30N4O3. The Morgan fingerprint density at radius 3 is 2.50 bits per heavy atom. The van der Waals surface area contributed by atoms with Gasteiger partial charge in [-0.05, 0) is 39.7 Å². The molecule has 28 heavy (non-hydrogen) atoms. The first kappa shape index (κ1) is 21.8. The highest BCUT2D eigenvalue weighted by Gasteiger charge is 2.24. The fraction of sp³-hybridized carbons (Fsp3) is 0.476. The molecule has 0 fully saturated rings. The minimum atomic E-state index is -0.800. The summed E-state index contributed by atoms with van der Waals surface area (Å²) in [6, 6.07) is 9.23. The van der Waals surface area contributed by atoms with E-state index in [1.807, 2.05) is 37.3 Å². The van der Waals surface area contributed by atoms with Gasteiger partial charge in [0.05, 0.1) is 23.5 Å². The number of carbonyl (C=O) groups is 1. The Labute approximate surface area is 166 Å². The van der Waals surface area contributed by atoms with E-state index in [-0.39, 0.29) is 0 Å². The molecule has 2 atom stereocenters. The fourth-order valence-corrected chi connectivity index (χ4v) is 2.61. The predicted molar refractivity (Wildman–Crippen MR) is 108 cm³/mol. The molecule has 3 N–H and O–H groups in total. The topological polar surface area (TPSA) is 96.4 Å². The van der Waals surface area contributed by atoms with Crippen LogP contribution in [0.4, 0.5) is 4.79 Å². The van der Waals surface area contributed by atoms with Crippen LogP contribution in [0.2, 0.25) is 0 Å². The lowest BCUT2D eigenvalue weighted by molar-refractivity contribution is 0.0422. The van der Waals surface area contributed by atoms with Crippen molar-refractivity contribution >= 4 is 6.09 Å². The van der Waals surface area contributed by atoms with E-state index in [1.165, 1.54) is 0 Å². The summed E-state index contributed by atoms with van der Waals surface area (Å²) in [5.74, 6) is 0. The van der Waals surface area contributed by atoms with Gasteiger partial charge >= 0.3 is 6.09 Å². The second-order valence-electron chi connectivity index (χ2n) is 7.79. The molecule has 1 amide bonds.